The van der Waals surface area contributed by atoms with Gasteiger partial charge in [-0.05, 0) is 74.1 Å². The van der Waals surface area contributed by atoms with E-state index in [1.165, 1.54) is 43.8 Å². The molecule has 0 aliphatic heterocycles. The maximum atomic E-state index is 6.68. The molecule has 0 aliphatic rings. The topological polar surface area (TPSA) is 16.4 Å². The third-order valence-corrected chi connectivity index (χ3v) is 10.0. The lowest BCUT2D eigenvalue weighted by molar-refractivity contribution is 0.672. The first-order chi connectivity index (χ1) is 24.8. The smallest absolute Gasteiger partial charge is 0.145 e. The summed E-state index contributed by atoms with van der Waals surface area (Å²) in [5, 5.41) is 9.33. The number of hydrogen-bond acceptors (Lipinski definition) is 2. The normalized spacial score (nSPS) is 11.6. The van der Waals surface area contributed by atoms with Crippen LogP contribution in [0.25, 0.3) is 76.5 Å². The summed E-state index contributed by atoms with van der Waals surface area (Å²) in [4.78, 5) is 2.43. The van der Waals surface area contributed by atoms with Gasteiger partial charge >= 0.3 is 0 Å². The minimum Gasteiger partial charge on any atom is -0.455 e. The van der Waals surface area contributed by atoms with Gasteiger partial charge in [0.15, 0.2) is 0 Å². The molecule has 1 heterocycles. The van der Waals surface area contributed by atoms with Gasteiger partial charge in [-0.1, -0.05) is 158 Å². The van der Waals surface area contributed by atoms with Crippen molar-refractivity contribution in [1.29, 1.82) is 0 Å². The van der Waals surface area contributed by atoms with Crippen molar-refractivity contribution in [2.45, 2.75) is 0 Å². The van der Waals surface area contributed by atoms with Crippen LogP contribution in [-0.2, 0) is 0 Å². The quantitative estimate of drug-likeness (QED) is 0.187. The number of furan rings is 1. The molecule has 0 saturated carbocycles. The molecule has 0 amide bonds. The SMILES string of the molecule is c1ccc(-c2ccc(N(c3ccc(-c4cccc5ccccc45)c4ccccc34)c3cc4ccccc4c4oc5ccccc5c34)cc2)cc1. The zero-order valence-corrected chi connectivity index (χ0v) is 27.3. The molecule has 0 radical (unpaired) electrons. The number of hydrogen-bond donors (Lipinski definition) is 0. The average Bonchev–Trinajstić information content (AvgIpc) is 3.59. The summed E-state index contributed by atoms with van der Waals surface area (Å²) < 4.78 is 6.68. The van der Waals surface area contributed by atoms with Gasteiger partial charge in [0, 0.05) is 21.8 Å². The van der Waals surface area contributed by atoms with Gasteiger partial charge in [0.2, 0.25) is 0 Å². The van der Waals surface area contributed by atoms with Gasteiger partial charge in [-0.3, -0.25) is 0 Å². The highest BCUT2D eigenvalue weighted by molar-refractivity contribution is 6.23. The Morgan fingerprint density at radius 1 is 0.360 bits per heavy atom. The van der Waals surface area contributed by atoms with E-state index < -0.39 is 0 Å². The molecule has 1 aromatic heterocycles. The standard InChI is InChI=1S/C48H31NO/c1-2-13-32(14-3-1)33-25-27-36(28-26-33)49(45-31-35-16-5-7-19-38(35)48-47(45)43-22-10-11-24-46(43)50-48)44-30-29-41(40-20-8-9-21-42(40)44)39-23-12-17-34-15-4-6-18-37(34)39/h1-31H. The molecule has 0 atom stereocenters. The number of nitrogens with zero attached hydrogens (tertiary/aromatic N) is 1. The summed E-state index contributed by atoms with van der Waals surface area (Å²) in [6.45, 7) is 0. The fourth-order valence-corrected chi connectivity index (χ4v) is 7.73. The van der Waals surface area contributed by atoms with E-state index in [1.807, 2.05) is 6.07 Å². The maximum absolute atomic E-state index is 6.68. The van der Waals surface area contributed by atoms with E-state index in [0.29, 0.717) is 0 Å². The lowest BCUT2D eigenvalue weighted by Gasteiger charge is -2.29. The number of para-hydroxylation sites is 1. The van der Waals surface area contributed by atoms with Crippen LogP contribution in [-0.4, -0.2) is 0 Å². The van der Waals surface area contributed by atoms with Gasteiger partial charge in [-0.25, -0.2) is 0 Å². The minimum atomic E-state index is 0.885. The number of anilines is 3. The maximum Gasteiger partial charge on any atom is 0.145 e. The molecular formula is C48H31NO. The lowest BCUT2D eigenvalue weighted by atomic mass is 9.92. The van der Waals surface area contributed by atoms with E-state index in [9.17, 15) is 0 Å². The molecule has 2 nitrogen and oxygen atoms in total. The fraction of sp³-hybridized carbons (Fsp3) is 0. The van der Waals surface area contributed by atoms with Crippen LogP contribution in [0.15, 0.2) is 192 Å². The summed E-state index contributed by atoms with van der Waals surface area (Å²) in [6, 6.07) is 67.5. The lowest BCUT2D eigenvalue weighted by Crippen LogP contribution is -2.11. The molecule has 234 valence electrons. The highest BCUT2D eigenvalue weighted by Crippen LogP contribution is 2.48. The molecule has 2 heteroatoms. The molecular weight excluding hydrogens is 607 g/mol. The van der Waals surface area contributed by atoms with Crippen LogP contribution >= 0.6 is 0 Å². The largest absolute Gasteiger partial charge is 0.455 e. The van der Waals surface area contributed by atoms with Gasteiger partial charge < -0.3 is 9.32 Å². The fourth-order valence-electron chi connectivity index (χ4n) is 7.73. The molecule has 9 aromatic carbocycles. The van der Waals surface area contributed by atoms with Crippen LogP contribution in [0.5, 0.6) is 0 Å². The number of fused-ring (bicyclic) bond motifs is 7. The Hall–Kier alpha value is -6.64. The first kappa shape index (κ1) is 28.4. The first-order valence-corrected chi connectivity index (χ1v) is 17.1. The van der Waals surface area contributed by atoms with E-state index in [4.69, 9.17) is 4.42 Å². The number of rotatable bonds is 5. The average molecular weight is 638 g/mol. The van der Waals surface area contributed by atoms with Gasteiger partial charge in [0.25, 0.3) is 0 Å². The van der Waals surface area contributed by atoms with Crippen LogP contribution in [0.1, 0.15) is 0 Å². The molecule has 0 aliphatic carbocycles. The molecule has 0 bridgehead atoms. The second-order valence-corrected chi connectivity index (χ2v) is 12.9. The van der Waals surface area contributed by atoms with Crippen LogP contribution < -0.4 is 4.90 Å². The molecule has 10 aromatic rings. The Morgan fingerprint density at radius 2 is 0.960 bits per heavy atom. The molecule has 0 spiro atoms. The summed E-state index contributed by atoms with van der Waals surface area (Å²) in [6.07, 6.45) is 0. The Bertz CT molecular complexity index is 2860. The van der Waals surface area contributed by atoms with E-state index in [1.54, 1.807) is 0 Å². The third kappa shape index (κ3) is 4.50. The molecule has 0 N–H and O–H groups in total. The highest BCUT2D eigenvalue weighted by Gasteiger charge is 2.24. The van der Waals surface area contributed by atoms with Crippen molar-refractivity contribution < 1.29 is 4.42 Å². The van der Waals surface area contributed by atoms with Gasteiger partial charge in [0.05, 0.1) is 16.8 Å². The molecule has 10 rings (SSSR count). The van der Waals surface area contributed by atoms with Crippen LogP contribution in [0.2, 0.25) is 0 Å². The Labute approximate surface area is 290 Å². The number of benzene rings is 9. The van der Waals surface area contributed by atoms with Crippen LogP contribution in [0, 0.1) is 0 Å². The van der Waals surface area contributed by atoms with E-state index >= 15 is 0 Å². The zero-order chi connectivity index (χ0) is 33.0. The molecule has 0 fully saturated rings. The molecule has 0 saturated heterocycles. The third-order valence-electron chi connectivity index (χ3n) is 10.0. The predicted molar refractivity (Wildman–Crippen MR) is 212 cm³/mol. The zero-order valence-electron chi connectivity index (χ0n) is 27.3. The predicted octanol–water partition coefficient (Wildman–Crippen LogP) is 13.8. The van der Waals surface area contributed by atoms with Gasteiger partial charge in [0.1, 0.15) is 11.2 Å². The van der Waals surface area contributed by atoms with Crippen molar-refractivity contribution in [3.63, 3.8) is 0 Å². The van der Waals surface area contributed by atoms with Crippen molar-refractivity contribution in [2.24, 2.45) is 0 Å². The highest BCUT2D eigenvalue weighted by atomic mass is 16.3. The second kappa shape index (κ2) is 11.5. The summed E-state index contributed by atoms with van der Waals surface area (Å²) in [7, 11) is 0. The molecule has 50 heavy (non-hydrogen) atoms. The Kier molecular flexibility index (Phi) is 6.53. The molecule has 0 unspecified atom stereocenters. The van der Waals surface area contributed by atoms with Crippen LogP contribution in [0.3, 0.4) is 0 Å². The second-order valence-electron chi connectivity index (χ2n) is 12.9. The Morgan fingerprint density at radius 3 is 1.78 bits per heavy atom. The Balaban J connectivity index is 1.28. The minimum absolute atomic E-state index is 0.885. The first-order valence-electron chi connectivity index (χ1n) is 17.1. The van der Waals surface area contributed by atoms with E-state index in [0.717, 1.165) is 49.8 Å². The van der Waals surface area contributed by atoms with E-state index in [-0.39, 0.29) is 0 Å². The van der Waals surface area contributed by atoms with Crippen molar-refractivity contribution in [3.05, 3.63) is 188 Å². The van der Waals surface area contributed by atoms with Crippen molar-refractivity contribution in [3.8, 4) is 22.3 Å². The van der Waals surface area contributed by atoms with Gasteiger partial charge in [-0.15, -0.1) is 0 Å². The van der Waals surface area contributed by atoms with E-state index in [2.05, 4.69) is 187 Å². The van der Waals surface area contributed by atoms with Crippen molar-refractivity contribution in [1.82, 2.24) is 0 Å². The van der Waals surface area contributed by atoms with Crippen molar-refractivity contribution in [2.75, 3.05) is 4.90 Å². The van der Waals surface area contributed by atoms with Crippen LogP contribution in [0.4, 0.5) is 17.1 Å². The summed E-state index contributed by atoms with van der Waals surface area (Å²) in [5.74, 6) is 0. The monoisotopic (exact) mass is 637 g/mol. The van der Waals surface area contributed by atoms with Gasteiger partial charge in [-0.2, -0.15) is 0 Å². The summed E-state index contributed by atoms with van der Waals surface area (Å²) in [5.41, 5.74) is 9.90. The van der Waals surface area contributed by atoms with Crippen molar-refractivity contribution >= 4 is 71.3 Å². The summed E-state index contributed by atoms with van der Waals surface area (Å²) >= 11 is 0.